The molecule has 1 amide bonds. The average Bonchev–Trinajstić information content (AvgIpc) is 3.28. The fraction of sp³-hybridized carbons (Fsp3) is 0.500. The van der Waals surface area contributed by atoms with Gasteiger partial charge in [0.25, 0.3) is 0 Å². The topological polar surface area (TPSA) is 89.7 Å². The second-order valence-electron chi connectivity index (χ2n) is 5.71. The number of ether oxygens (including phenoxy) is 1. The third kappa shape index (κ3) is 2.89. The number of benzene rings is 1. The van der Waals surface area contributed by atoms with E-state index in [0.717, 1.165) is 18.4 Å². The predicted octanol–water partition coefficient (Wildman–Crippen LogP) is 0.506. The first-order chi connectivity index (χ1) is 9.86. The second kappa shape index (κ2) is 4.99. The number of nitrogens with two attached hydrogens (primary N) is 1. The lowest BCUT2D eigenvalue weighted by Crippen LogP contribution is -2.39. The first kappa shape index (κ1) is 14.3. The van der Waals surface area contributed by atoms with Crippen LogP contribution in [0.4, 0.5) is 0 Å². The Morgan fingerprint density at radius 2 is 2.10 bits per heavy atom. The molecular weight excluding hydrogens is 292 g/mol. The van der Waals surface area contributed by atoms with Crippen LogP contribution in [0.2, 0.25) is 0 Å². The molecule has 0 spiro atoms. The van der Waals surface area contributed by atoms with Gasteiger partial charge in [-0.3, -0.25) is 4.79 Å². The zero-order valence-corrected chi connectivity index (χ0v) is 12.6. The third-order valence-corrected chi connectivity index (χ3v) is 4.97. The van der Waals surface area contributed by atoms with Gasteiger partial charge in [-0.1, -0.05) is 0 Å². The molecule has 1 fully saturated rings. The summed E-state index contributed by atoms with van der Waals surface area (Å²) in [5.74, 6) is 0.420. The number of hydrogen-bond acceptors (Lipinski definition) is 4. The first-order valence-electron chi connectivity index (χ1n) is 6.91. The normalized spacial score (nSPS) is 21.3. The van der Waals surface area contributed by atoms with E-state index in [1.165, 1.54) is 12.1 Å². The molecule has 2 N–H and O–H groups in total. The van der Waals surface area contributed by atoms with Crippen LogP contribution in [-0.2, 0) is 21.2 Å². The van der Waals surface area contributed by atoms with E-state index < -0.39 is 10.0 Å². The van der Waals surface area contributed by atoms with E-state index in [2.05, 4.69) is 0 Å². The number of hydrogen-bond donors (Lipinski definition) is 1. The molecule has 1 saturated carbocycles. The van der Waals surface area contributed by atoms with Crippen molar-refractivity contribution in [3.63, 3.8) is 0 Å². The van der Waals surface area contributed by atoms with Crippen molar-refractivity contribution in [2.24, 2.45) is 11.1 Å². The largest absolute Gasteiger partial charge is 0.492 e. The van der Waals surface area contributed by atoms with Crippen LogP contribution in [0.1, 0.15) is 18.4 Å². The van der Waals surface area contributed by atoms with Crippen molar-refractivity contribution in [2.75, 3.05) is 13.7 Å². The fourth-order valence-electron chi connectivity index (χ4n) is 2.64. The summed E-state index contributed by atoms with van der Waals surface area (Å²) in [5.41, 5.74) is 0.718. The van der Waals surface area contributed by atoms with Crippen LogP contribution in [0.5, 0.6) is 5.75 Å². The van der Waals surface area contributed by atoms with Crippen LogP contribution in [0, 0.1) is 5.92 Å². The molecular formula is C14H18N2O4S. The quantitative estimate of drug-likeness (QED) is 0.880. The Bertz CT molecular complexity index is 682. The molecule has 1 aromatic carbocycles. The smallest absolute Gasteiger partial charge is 0.238 e. The van der Waals surface area contributed by atoms with Crippen molar-refractivity contribution < 1.29 is 17.9 Å². The minimum atomic E-state index is -3.74. The average molecular weight is 310 g/mol. The van der Waals surface area contributed by atoms with Crippen molar-refractivity contribution in [1.82, 2.24) is 4.90 Å². The molecule has 7 heteroatoms. The Morgan fingerprint density at radius 1 is 1.38 bits per heavy atom. The van der Waals surface area contributed by atoms with E-state index in [9.17, 15) is 13.2 Å². The van der Waals surface area contributed by atoms with Crippen molar-refractivity contribution in [1.29, 1.82) is 0 Å². The fourth-order valence-corrected chi connectivity index (χ4v) is 3.20. The molecule has 0 aromatic heterocycles. The number of carbonyl (C=O) groups is 1. The Morgan fingerprint density at radius 3 is 2.71 bits per heavy atom. The summed E-state index contributed by atoms with van der Waals surface area (Å²) in [6.07, 6.45) is 2.60. The summed E-state index contributed by atoms with van der Waals surface area (Å²) in [6, 6.07) is 4.88. The lowest BCUT2D eigenvalue weighted by atomic mass is 9.95. The number of primary sulfonamides is 1. The van der Waals surface area contributed by atoms with Gasteiger partial charge in [-0.25, -0.2) is 13.6 Å². The van der Waals surface area contributed by atoms with Crippen LogP contribution >= 0.6 is 0 Å². The monoisotopic (exact) mass is 310 g/mol. The SMILES string of the molecule is CN(C(=O)C1COc2ccc(S(N)(=O)=O)cc2C1)C1CC1. The Kier molecular flexibility index (Phi) is 3.41. The van der Waals surface area contributed by atoms with Gasteiger partial charge >= 0.3 is 0 Å². The lowest BCUT2D eigenvalue weighted by molar-refractivity contribution is -0.136. The van der Waals surface area contributed by atoms with Gasteiger partial charge in [0.2, 0.25) is 15.9 Å². The van der Waals surface area contributed by atoms with Crippen LogP contribution in [-0.4, -0.2) is 38.9 Å². The van der Waals surface area contributed by atoms with Gasteiger partial charge in [0.15, 0.2) is 0 Å². The summed E-state index contributed by atoms with van der Waals surface area (Å²) in [4.78, 5) is 14.2. The number of nitrogens with zero attached hydrogens (tertiary/aromatic N) is 1. The molecule has 1 unspecified atom stereocenters. The van der Waals surface area contributed by atoms with E-state index in [0.29, 0.717) is 24.8 Å². The standard InChI is InChI=1S/C14H18N2O4S/c1-16(11-2-3-11)14(17)10-6-9-7-12(21(15,18)19)4-5-13(9)20-8-10/h4-5,7,10-11H,2-3,6,8H2,1H3,(H2,15,18,19). The number of fused-ring (bicyclic) bond motifs is 1. The van der Waals surface area contributed by atoms with Gasteiger partial charge in [-0.05, 0) is 43.0 Å². The number of rotatable bonds is 3. The molecule has 1 atom stereocenters. The van der Waals surface area contributed by atoms with Crippen molar-refractivity contribution in [3.8, 4) is 5.75 Å². The molecule has 1 aliphatic heterocycles. The van der Waals surface area contributed by atoms with Crippen molar-refractivity contribution in [3.05, 3.63) is 23.8 Å². The van der Waals surface area contributed by atoms with Crippen LogP contribution in [0.15, 0.2) is 23.1 Å². The maximum atomic E-state index is 12.4. The molecule has 0 bridgehead atoms. The maximum Gasteiger partial charge on any atom is 0.238 e. The Balaban J connectivity index is 1.82. The summed E-state index contributed by atoms with van der Waals surface area (Å²) in [7, 11) is -1.93. The van der Waals surface area contributed by atoms with Gasteiger partial charge < -0.3 is 9.64 Å². The van der Waals surface area contributed by atoms with Crippen molar-refractivity contribution >= 4 is 15.9 Å². The molecule has 2 aliphatic rings. The highest BCUT2D eigenvalue weighted by molar-refractivity contribution is 7.89. The Labute approximate surface area is 123 Å². The predicted molar refractivity (Wildman–Crippen MR) is 76.3 cm³/mol. The molecule has 114 valence electrons. The summed E-state index contributed by atoms with van der Waals surface area (Å²) in [5, 5.41) is 5.14. The summed E-state index contributed by atoms with van der Waals surface area (Å²) < 4.78 is 28.4. The third-order valence-electron chi connectivity index (χ3n) is 4.06. The van der Waals surface area contributed by atoms with E-state index in [-0.39, 0.29) is 16.7 Å². The van der Waals surface area contributed by atoms with Gasteiger partial charge in [0, 0.05) is 13.1 Å². The van der Waals surface area contributed by atoms with E-state index in [1.54, 1.807) is 11.0 Å². The maximum absolute atomic E-state index is 12.4. The zero-order valence-electron chi connectivity index (χ0n) is 11.8. The molecule has 1 heterocycles. The number of carbonyl (C=O) groups excluding carboxylic acids is 1. The van der Waals surface area contributed by atoms with Crippen LogP contribution < -0.4 is 9.88 Å². The van der Waals surface area contributed by atoms with Gasteiger partial charge in [0.1, 0.15) is 12.4 Å². The number of sulfonamides is 1. The highest BCUT2D eigenvalue weighted by Crippen LogP contribution is 2.32. The highest BCUT2D eigenvalue weighted by Gasteiger charge is 2.35. The minimum Gasteiger partial charge on any atom is -0.492 e. The highest BCUT2D eigenvalue weighted by atomic mass is 32.2. The minimum absolute atomic E-state index is 0.0495. The summed E-state index contributed by atoms with van der Waals surface area (Å²) in [6.45, 7) is 0.331. The molecule has 6 nitrogen and oxygen atoms in total. The van der Waals surface area contributed by atoms with Crippen molar-refractivity contribution in [2.45, 2.75) is 30.2 Å². The number of amides is 1. The van der Waals surface area contributed by atoms with E-state index in [1.807, 2.05) is 7.05 Å². The van der Waals surface area contributed by atoms with Gasteiger partial charge in [-0.2, -0.15) is 0 Å². The van der Waals surface area contributed by atoms with Crippen LogP contribution in [0.3, 0.4) is 0 Å². The molecule has 1 aromatic rings. The summed E-state index contributed by atoms with van der Waals surface area (Å²) >= 11 is 0. The molecule has 3 rings (SSSR count). The molecule has 0 radical (unpaired) electrons. The van der Waals surface area contributed by atoms with E-state index >= 15 is 0 Å². The van der Waals surface area contributed by atoms with Gasteiger partial charge in [0.05, 0.1) is 10.8 Å². The second-order valence-corrected chi connectivity index (χ2v) is 7.27. The molecule has 21 heavy (non-hydrogen) atoms. The van der Waals surface area contributed by atoms with Crippen LogP contribution in [0.25, 0.3) is 0 Å². The van der Waals surface area contributed by atoms with Gasteiger partial charge in [-0.15, -0.1) is 0 Å². The molecule has 1 aliphatic carbocycles. The first-order valence-corrected chi connectivity index (χ1v) is 8.46. The Hall–Kier alpha value is -1.60. The lowest BCUT2D eigenvalue weighted by Gasteiger charge is -2.28. The van der Waals surface area contributed by atoms with E-state index in [4.69, 9.17) is 9.88 Å². The molecule has 0 saturated heterocycles. The zero-order chi connectivity index (χ0) is 15.2.